The number of rotatable bonds is 5. The number of carbonyl (C=O) groups is 1. The molecule has 3 rings (SSSR count). The van der Waals surface area contributed by atoms with E-state index < -0.39 is 0 Å². The monoisotopic (exact) mass is 391 g/mol. The van der Waals surface area contributed by atoms with E-state index in [1.807, 2.05) is 42.0 Å². The molecule has 1 aromatic heterocycles. The summed E-state index contributed by atoms with van der Waals surface area (Å²) in [5.74, 6) is 0.00379. The van der Waals surface area contributed by atoms with Crippen LogP contribution in [-0.4, -0.2) is 21.2 Å². The maximum atomic E-state index is 12.2. The Morgan fingerprint density at radius 2 is 1.88 bits per heavy atom. The summed E-state index contributed by atoms with van der Waals surface area (Å²) in [5, 5.41) is 4.31. The normalized spacial score (nSPS) is 10.7. The standard InChI is InChI=1S/C18H15Cl2N3OS/c1-12-5-2-3-8-15(12)23-10-9-21-18(23)25-11-16(24)22-17-13(19)6-4-7-14(17)20/h2-10H,11H2,1H3,(H,22,24). The van der Waals surface area contributed by atoms with Crippen molar-refractivity contribution in [2.75, 3.05) is 11.1 Å². The second-order valence-corrected chi connectivity index (χ2v) is 7.06. The molecular weight excluding hydrogens is 377 g/mol. The van der Waals surface area contributed by atoms with Crippen molar-refractivity contribution in [2.24, 2.45) is 0 Å². The number of para-hydroxylation sites is 2. The zero-order valence-electron chi connectivity index (χ0n) is 13.4. The summed E-state index contributed by atoms with van der Waals surface area (Å²) in [6, 6.07) is 13.1. The summed E-state index contributed by atoms with van der Waals surface area (Å²) in [6.45, 7) is 2.04. The van der Waals surface area contributed by atoms with Crippen LogP contribution in [0.2, 0.25) is 10.0 Å². The molecule has 0 atom stereocenters. The largest absolute Gasteiger partial charge is 0.323 e. The molecule has 0 saturated heterocycles. The molecule has 1 amide bonds. The number of nitrogens with zero attached hydrogens (tertiary/aromatic N) is 2. The van der Waals surface area contributed by atoms with Crippen LogP contribution in [0.4, 0.5) is 5.69 Å². The van der Waals surface area contributed by atoms with Crippen LogP contribution in [0.1, 0.15) is 5.56 Å². The number of amides is 1. The van der Waals surface area contributed by atoms with Gasteiger partial charge >= 0.3 is 0 Å². The first-order chi connectivity index (χ1) is 12.1. The van der Waals surface area contributed by atoms with E-state index in [1.54, 1.807) is 24.4 Å². The predicted octanol–water partition coefficient (Wildman–Crippen LogP) is 5.22. The Kier molecular flexibility index (Phi) is 5.68. The third-order valence-corrected chi connectivity index (χ3v) is 5.14. The van der Waals surface area contributed by atoms with Gasteiger partial charge in [0.2, 0.25) is 5.91 Å². The topological polar surface area (TPSA) is 46.9 Å². The van der Waals surface area contributed by atoms with Gasteiger partial charge in [0, 0.05) is 12.4 Å². The number of halogens is 2. The van der Waals surface area contributed by atoms with Crippen molar-refractivity contribution in [1.29, 1.82) is 0 Å². The van der Waals surface area contributed by atoms with Gasteiger partial charge in [-0.25, -0.2) is 4.98 Å². The fraction of sp³-hybridized carbons (Fsp3) is 0.111. The van der Waals surface area contributed by atoms with Gasteiger partial charge in [0.25, 0.3) is 0 Å². The molecule has 0 aliphatic carbocycles. The number of benzene rings is 2. The average molecular weight is 392 g/mol. The van der Waals surface area contributed by atoms with Crippen molar-refractivity contribution < 1.29 is 4.79 Å². The van der Waals surface area contributed by atoms with E-state index in [-0.39, 0.29) is 11.7 Å². The fourth-order valence-electron chi connectivity index (χ4n) is 2.34. The van der Waals surface area contributed by atoms with E-state index >= 15 is 0 Å². The maximum absolute atomic E-state index is 12.2. The third-order valence-electron chi connectivity index (χ3n) is 3.54. The lowest BCUT2D eigenvalue weighted by Crippen LogP contribution is -2.15. The first-order valence-corrected chi connectivity index (χ1v) is 9.26. The van der Waals surface area contributed by atoms with Crippen LogP contribution in [0.5, 0.6) is 0 Å². The quantitative estimate of drug-likeness (QED) is 0.606. The van der Waals surface area contributed by atoms with Gasteiger partial charge in [-0.3, -0.25) is 9.36 Å². The number of hydrogen-bond acceptors (Lipinski definition) is 3. The van der Waals surface area contributed by atoms with Gasteiger partial charge < -0.3 is 5.32 Å². The van der Waals surface area contributed by atoms with Crippen LogP contribution < -0.4 is 5.32 Å². The van der Waals surface area contributed by atoms with Crippen LogP contribution in [0.25, 0.3) is 5.69 Å². The zero-order chi connectivity index (χ0) is 17.8. The van der Waals surface area contributed by atoms with Crippen molar-refractivity contribution in [3.8, 4) is 5.69 Å². The van der Waals surface area contributed by atoms with E-state index in [9.17, 15) is 4.79 Å². The van der Waals surface area contributed by atoms with E-state index in [0.29, 0.717) is 15.7 Å². The molecule has 1 heterocycles. The summed E-state index contributed by atoms with van der Waals surface area (Å²) < 4.78 is 1.97. The molecule has 25 heavy (non-hydrogen) atoms. The van der Waals surface area contributed by atoms with Crippen molar-refractivity contribution in [3.05, 3.63) is 70.5 Å². The number of nitrogens with one attached hydrogen (secondary N) is 1. The van der Waals surface area contributed by atoms with Crippen LogP contribution in [0.3, 0.4) is 0 Å². The minimum Gasteiger partial charge on any atom is -0.323 e. The average Bonchev–Trinajstić information content (AvgIpc) is 3.05. The molecule has 128 valence electrons. The lowest BCUT2D eigenvalue weighted by Gasteiger charge is -2.11. The minimum atomic E-state index is -0.195. The molecule has 0 aliphatic rings. The highest BCUT2D eigenvalue weighted by Gasteiger charge is 2.13. The highest BCUT2D eigenvalue weighted by atomic mass is 35.5. The zero-order valence-corrected chi connectivity index (χ0v) is 15.7. The van der Waals surface area contributed by atoms with Crippen LogP contribution >= 0.6 is 35.0 Å². The lowest BCUT2D eigenvalue weighted by molar-refractivity contribution is -0.113. The number of aromatic nitrogens is 2. The van der Waals surface area contributed by atoms with Gasteiger partial charge in [-0.2, -0.15) is 0 Å². The molecule has 0 fully saturated rings. The molecule has 0 radical (unpaired) electrons. The SMILES string of the molecule is Cc1ccccc1-n1ccnc1SCC(=O)Nc1c(Cl)cccc1Cl. The molecule has 1 N–H and O–H groups in total. The van der Waals surface area contributed by atoms with Crippen LogP contribution in [0, 0.1) is 6.92 Å². The number of hydrogen-bond donors (Lipinski definition) is 1. The van der Waals surface area contributed by atoms with Crippen molar-refractivity contribution in [3.63, 3.8) is 0 Å². The third kappa shape index (κ3) is 4.18. The maximum Gasteiger partial charge on any atom is 0.234 e. The highest BCUT2D eigenvalue weighted by Crippen LogP contribution is 2.30. The van der Waals surface area contributed by atoms with Crippen molar-refractivity contribution in [2.45, 2.75) is 12.1 Å². The molecule has 0 saturated carbocycles. The summed E-state index contributed by atoms with van der Waals surface area (Å²) in [5.41, 5.74) is 2.60. The van der Waals surface area contributed by atoms with Crippen LogP contribution in [0.15, 0.2) is 60.0 Å². The Hall–Kier alpha value is -1.95. The first-order valence-electron chi connectivity index (χ1n) is 7.52. The Labute approximate surface area is 160 Å². The molecule has 0 aliphatic heterocycles. The minimum absolute atomic E-state index is 0.195. The van der Waals surface area contributed by atoms with Crippen LogP contribution in [-0.2, 0) is 4.79 Å². The second-order valence-electron chi connectivity index (χ2n) is 5.30. The van der Waals surface area contributed by atoms with Crippen molar-refractivity contribution >= 4 is 46.6 Å². The predicted molar refractivity (Wildman–Crippen MR) is 104 cm³/mol. The Bertz CT molecular complexity index is 891. The van der Waals surface area contributed by atoms with Gasteiger partial charge in [-0.05, 0) is 30.7 Å². The lowest BCUT2D eigenvalue weighted by atomic mass is 10.2. The highest BCUT2D eigenvalue weighted by molar-refractivity contribution is 7.99. The van der Waals surface area contributed by atoms with Gasteiger partial charge in [-0.15, -0.1) is 0 Å². The van der Waals surface area contributed by atoms with Gasteiger partial charge in [-0.1, -0.05) is 59.2 Å². The molecule has 2 aromatic carbocycles. The number of thioether (sulfide) groups is 1. The van der Waals surface area contributed by atoms with E-state index in [0.717, 1.165) is 16.4 Å². The van der Waals surface area contributed by atoms with E-state index in [1.165, 1.54) is 11.8 Å². The number of carbonyl (C=O) groups excluding carboxylic acids is 1. The molecular formula is C18H15Cl2N3OS. The summed E-state index contributed by atoms with van der Waals surface area (Å²) in [7, 11) is 0. The molecule has 0 spiro atoms. The van der Waals surface area contributed by atoms with Gasteiger partial charge in [0.1, 0.15) is 0 Å². The number of anilines is 1. The van der Waals surface area contributed by atoms with Gasteiger partial charge in [0.05, 0.1) is 27.2 Å². The molecule has 4 nitrogen and oxygen atoms in total. The summed E-state index contributed by atoms with van der Waals surface area (Å²) in [4.78, 5) is 16.6. The Morgan fingerprint density at radius 3 is 2.60 bits per heavy atom. The number of imidazole rings is 1. The molecule has 0 bridgehead atoms. The molecule has 0 unspecified atom stereocenters. The van der Waals surface area contributed by atoms with Gasteiger partial charge in [0.15, 0.2) is 5.16 Å². The first kappa shape index (κ1) is 17.9. The summed E-state index contributed by atoms with van der Waals surface area (Å²) in [6.07, 6.45) is 3.60. The van der Waals surface area contributed by atoms with E-state index in [2.05, 4.69) is 10.3 Å². The Balaban J connectivity index is 1.70. The molecule has 7 heteroatoms. The second kappa shape index (κ2) is 7.95. The fourth-order valence-corrected chi connectivity index (χ4v) is 3.59. The summed E-state index contributed by atoms with van der Waals surface area (Å²) >= 11 is 13.5. The van der Waals surface area contributed by atoms with Crippen molar-refractivity contribution in [1.82, 2.24) is 9.55 Å². The van der Waals surface area contributed by atoms with E-state index in [4.69, 9.17) is 23.2 Å². The Morgan fingerprint density at radius 1 is 1.16 bits per heavy atom. The smallest absolute Gasteiger partial charge is 0.234 e. The number of aryl methyl sites for hydroxylation is 1. The molecule has 3 aromatic rings.